The number of hydrogen-bond donors (Lipinski definition) is 1. The van der Waals surface area contributed by atoms with Crippen molar-refractivity contribution >= 4 is 5.97 Å². The van der Waals surface area contributed by atoms with Crippen LogP contribution in [0.5, 0.6) is 0 Å². The van der Waals surface area contributed by atoms with Crippen LogP contribution in [0, 0.1) is 13.8 Å². The Morgan fingerprint density at radius 1 is 1.33 bits per heavy atom. The first kappa shape index (κ1) is 12.4. The van der Waals surface area contributed by atoms with E-state index >= 15 is 0 Å². The van der Waals surface area contributed by atoms with E-state index in [1.807, 2.05) is 25.3 Å². The molecule has 0 atom stereocenters. The minimum Gasteiger partial charge on any atom is -0.481 e. The molecule has 1 aromatic carbocycles. The van der Waals surface area contributed by atoms with Gasteiger partial charge in [0.25, 0.3) is 0 Å². The van der Waals surface area contributed by atoms with E-state index in [1.165, 1.54) is 11.1 Å². The van der Waals surface area contributed by atoms with Gasteiger partial charge in [-0.25, -0.2) is 0 Å². The number of carboxylic acids is 1. The number of aliphatic carboxylic acids is 1. The molecule has 0 aliphatic heterocycles. The van der Waals surface area contributed by atoms with Crippen LogP contribution in [0.4, 0.5) is 0 Å². The highest BCUT2D eigenvalue weighted by atomic mass is 16.4. The van der Waals surface area contributed by atoms with Crippen LogP contribution >= 0.6 is 0 Å². The Morgan fingerprint density at radius 3 is 2.67 bits per heavy atom. The van der Waals surface area contributed by atoms with Crippen molar-refractivity contribution in [1.82, 2.24) is 9.78 Å². The molecule has 0 saturated heterocycles. The Hall–Kier alpha value is -2.10. The number of rotatable bonds is 3. The molecule has 1 aromatic heterocycles. The molecule has 1 N–H and O–H groups in total. The summed E-state index contributed by atoms with van der Waals surface area (Å²) in [6.45, 7) is 4.10. The molecular weight excluding hydrogens is 228 g/mol. The first-order chi connectivity index (χ1) is 8.47. The quantitative estimate of drug-likeness (QED) is 0.901. The second kappa shape index (κ2) is 4.64. The smallest absolute Gasteiger partial charge is 0.309 e. The summed E-state index contributed by atoms with van der Waals surface area (Å²) in [5, 5.41) is 13.1. The maximum atomic E-state index is 10.8. The molecule has 0 radical (unpaired) electrons. The third kappa shape index (κ3) is 2.42. The van der Waals surface area contributed by atoms with Crippen LogP contribution in [0.25, 0.3) is 11.1 Å². The van der Waals surface area contributed by atoms with Crippen molar-refractivity contribution in [2.24, 2.45) is 7.05 Å². The molecule has 2 aromatic rings. The predicted octanol–water partition coefficient (Wildman–Crippen LogP) is 2.33. The van der Waals surface area contributed by atoms with E-state index in [-0.39, 0.29) is 6.42 Å². The van der Waals surface area contributed by atoms with Crippen molar-refractivity contribution in [2.75, 3.05) is 0 Å². The number of nitrogens with zero attached hydrogens (tertiary/aromatic N) is 2. The van der Waals surface area contributed by atoms with E-state index in [9.17, 15) is 4.79 Å². The molecule has 4 heteroatoms. The van der Waals surface area contributed by atoms with Gasteiger partial charge in [0.2, 0.25) is 0 Å². The highest BCUT2D eigenvalue weighted by Gasteiger charge is 2.13. The second-order valence-electron chi connectivity index (χ2n) is 4.53. The summed E-state index contributed by atoms with van der Waals surface area (Å²) in [7, 11) is 1.80. The Labute approximate surface area is 106 Å². The maximum absolute atomic E-state index is 10.8. The zero-order valence-corrected chi connectivity index (χ0v) is 10.8. The number of carboxylic acid groups (broad SMARTS) is 1. The molecule has 18 heavy (non-hydrogen) atoms. The first-order valence-corrected chi connectivity index (χ1v) is 5.79. The Kier molecular flexibility index (Phi) is 3.19. The normalized spacial score (nSPS) is 10.6. The zero-order chi connectivity index (χ0) is 13.3. The zero-order valence-electron chi connectivity index (χ0n) is 10.8. The van der Waals surface area contributed by atoms with Crippen molar-refractivity contribution in [1.29, 1.82) is 0 Å². The van der Waals surface area contributed by atoms with Crippen LogP contribution in [0.2, 0.25) is 0 Å². The number of carbonyl (C=O) groups is 1. The van der Waals surface area contributed by atoms with Gasteiger partial charge in [0, 0.05) is 18.8 Å². The van der Waals surface area contributed by atoms with Gasteiger partial charge in [0.1, 0.15) is 0 Å². The van der Waals surface area contributed by atoms with Gasteiger partial charge in [-0.15, -0.1) is 0 Å². The van der Waals surface area contributed by atoms with Gasteiger partial charge < -0.3 is 5.11 Å². The Morgan fingerprint density at radius 2 is 2.06 bits per heavy atom. The number of aryl methyl sites for hydroxylation is 3. The lowest BCUT2D eigenvalue weighted by Gasteiger charge is -2.04. The molecular formula is C14H16N2O2. The first-order valence-electron chi connectivity index (χ1n) is 5.79. The fraction of sp³-hybridized carbons (Fsp3) is 0.286. The van der Waals surface area contributed by atoms with E-state index in [4.69, 9.17) is 5.11 Å². The number of hydrogen-bond acceptors (Lipinski definition) is 2. The van der Waals surface area contributed by atoms with E-state index in [0.717, 1.165) is 11.1 Å². The Bertz CT molecular complexity index is 600. The van der Waals surface area contributed by atoms with Gasteiger partial charge in [0.15, 0.2) is 0 Å². The van der Waals surface area contributed by atoms with Gasteiger partial charge in [-0.3, -0.25) is 9.48 Å². The lowest BCUT2D eigenvalue weighted by atomic mass is 10.00. The fourth-order valence-corrected chi connectivity index (χ4v) is 1.96. The molecule has 94 valence electrons. The molecule has 0 unspecified atom stereocenters. The van der Waals surface area contributed by atoms with Crippen LogP contribution in [-0.4, -0.2) is 20.9 Å². The molecule has 0 spiro atoms. The lowest BCUT2D eigenvalue weighted by molar-refractivity contribution is -0.136. The van der Waals surface area contributed by atoms with Crippen molar-refractivity contribution in [3.8, 4) is 11.1 Å². The lowest BCUT2D eigenvalue weighted by Crippen LogP contribution is -2.02. The summed E-state index contributed by atoms with van der Waals surface area (Å²) < 4.78 is 1.66. The van der Waals surface area contributed by atoms with Gasteiger partial charge in [-0.2, -0.15) is 5.10 Å². The summed E-state index contributed by atoms with van der Waals surface area (Å²) in [6, 6.07) is 6.12. The minimum absolute atomic E-state index is 0.0525. The molecule has 1 heterocycles. The van der Waals surface area contributed by atoms with Gasteiger partial charge in [-0.1, -0.05) is 18.2 Å². The molecule has 0 aliphatic rings. The van der Waals surface area contributed by atoms with Crippen molar-refractivity contribution in [3.05, 3.63) is 41.2 Å². The maximum Gasteiger partial charge on any atom is 0.309 e. The Balaban J connectivity index is 2.49. The standard InChI is InChI=1S/C14H16N2O2/c1-9-4-5-11(6-10(9)2)12-8-16(3)15-13(12)7-14(17)18/h4-6,8H,7H2,1-3H3,(H,17,18). The van der Waals surface area contributed by atoms with Gasteiger partial charge in [0.05, 0.1) is 12.1 Å². The minimum atomic E-state index is -0.862. The number of benzene rings is 1. The summed E-state index contributed by atoms with van der Waals surface area (Å²) >= 11 is 0. The number of aromatic nitrogens is 2. The van der Waals surface area contributed by atoms with Crippen LogP contribution in [0.3, 0.4) is 0 Å². The molecule has 2 rings (SSSR count). The summed E-state index contributed by atoms with van der Waals surface area (Å²) in [4.78, 5) is 10.8. The van der Waals surface area contributed by atoms with Crippen molar-refractivity contribution < 1.29 is 9.90 Å². The fourth-order valence-electron chi connectivity index (χ4n) is 1.96. The summed E-state index contributed by atoms with van der Waals surface area (Å²) in [5.41, 5.74) is 4.93. The molecule has 0 amide bonds. The van der Waals surface area contributed by atoms with Gasteiger partial charge in [-0.05, 0) is 30.5 Å². The topological polar surface area (TPSA) is 55.1 Å². The molecule has 0 saturated carbocycles. The average molecular weight is 244 g/mol. The summed E-state index contributed by atoms with van der Waals surface area (Å²) in [5.74, 6) is -0.862. The van der Waals surface area contributed by atoms with E-state index in [1.54, 1.807) is 11.7 Å². The third-order valence-electron chi connectivity index (χ3n) is 3.04. The molecule has 0 aliphatic carbocycles. The molecule has 0 bridgehead atoms. The second-order valence-corrected chi connectivity index (χ2v) is 4.53. The van der Waals surface area contributed by atoms with Crippen LogP contribution in [0.15, 0.2) is 24.4 Å². The van der Waals surface area contributed by atoms with Gasteiger partial charge >= 0.3 is 5.97 Å². The van der Waals surface area contributed by atoms with Crippen molar-refractivity contribution in [3.63, 3.8) is 0 Å². The highest BCUT2D eigenvalue weighted by Crippen LogP contribution is 2.25. The van der Waals surface area contributed by atoms with E-state index < -0.39 is 5.97 Å². The SMILES string of the molecule is Cc1ccc(-c2cn(C)nc2CC(=O)O)cc1C. The van der Waals surface area contributed by atoms with E-state index in [2.05, 4.69) is 18.1 Å². The monoisotopic (exact) mass is 244 g/mol. The van der Waals surface area contributed by atoms with Crippen LogP contribution in [0.1, 0.15) is 16.8 Å². The van der Waals surface area contributed by atoms with E-state index in [0.29, 0.717) is 5.69 Å². The van der Waals surface area contributed by atoms with Crippen LogP contribution < -0.4 is 0 Å². The average Bonchev–Trinajstić information content (AvgIpc) is 2.62. The van der Waals surface area contributed by atoms with Crippen LogP contribution in [-0.2, 0) is 18.3 Å². The molecule has 0 fully saturated rings. The summed E-state index contributed by atoms with van der Waals surface area (Å²) in [6.07, 6.45) is 1.81. The highest BCUT2D eigenvalue weighted by molar-refractivity contribution is 5.75. The predicted molar refractivity (Wildman–Crippen MR) is 69.5 cm³/mol. The third-order valence-corrected chi connectivity index (χ3v) is 3.04. The largest absolute Gasteiger partial charge is 0.481 e. The van der Waals surface area contributed by atoms with Crippen molar-refractivity contribution in [2.45, 2.75) is 20.3 Å². The molecule has 4 nitrogen and oxygen atoms in total.